The first-order chi connectivity index (χ1) is 8.81. The van der Waals surface area contributed by atoms with Gasteiger partial charge in [-0.05, 0) is 28.1 Å². The number of esters is 2. The predicted octanol–water partition coefficient (Wildman–Crippen LogP) is 2.48. The van der Waals surface area contributed by atoms with Gasteiger partial charge in [-0.1, -0.05) is 0 Å². The summed E-state index contributed by atoms with van der Waals surface area (Å²) in [6.45, 7) is 2.29. The van der Waals surface area contributed by atoms with Crippen molar-refractivity contribution in [1.82, 2.24) is 0 Å². The van der Waals surface area contributed by atoms with E-state index < -0.39 is 23.2 Å². The second-order valence-corrected chi connectivity index (χ2v) is 4.37. The monoisotopic (exact) mass is 331 g/mol. The molecule has 8 heteroatoms. The lowest BCUT2D eigenvalue weighted by Gasteiger charge is -2.16. The van der Waals surface area contributed by atoms with E-state index in [-0.39, 0.29) is 15.7 Å². The molecule has 0 aliphatic carbocycles. The molecular weight excluding hydrogens is 322 g/mol. The van der Waals surface area contributed by atoms with Crippen molar-refractivity contribution < 1.29 is 24.0 Å². The first-order valence-corrected chi connectivity index (χ1v) is 5.89. The van der Waals surface area contributed by atoms with Crippen LogP contribution in [0.2, 0.25) is 0 Å². The Morgan fingerprint density at radius 3 is 2.21 bits per heavy atom. The average Bonchev–Trinajstić information content (AvgIpc) is 2.27. The second kappa shape index (κ2) is 6.28. The van der Waals surface area contributed by atoms with Crippen molar-refractivity contribution in [3.05, 3.63) is 38.3 Å². The lowest BCUT2D eigenvalue weighted by molar-refractivity contribution is -0.385. The van der Waals surface area contributed by atoms with Crippen molar-refractivity contribution >= 4 is 33.6 Å². The maximum absolute atomic E-state index is 10.9. The Morgan fingerprint density at radius 1 is 1.26 bits per heavy atom. The summed E-state index contributed by atoms with van der Waals surface area (Å²) in [4.78, 5) is 32.1. The predicted molar refractivity (Wildman–Crippen MR) is 67.1 cm³/mol. The van der Waals surface area contributed by atoms with E-state index in [1.807, 2.05) is 0 Å². The molecule has 0 atom stereocenters. The molecule has 19 heavy (non-hydrogen) atoms. The van der Waals surface area contributed by atoms with E-state index in [0.29, 0.717) is 0 Å². The maximum Gasteiger partial charge on any atom is 0.305 e. The van der Waals surface area contributed by atoms with Gasteiger partial charge in [-0.25, -0.2) is 0 Å². The Kier molecular flexibility index (Phi) is 4.99. The van der Waals surface area contributed by atoms with Gasteiger partial charge in [0.25, 0.3) is 12.0 Å². The average molecular weight is 332 g/mol. The van der Waals surface area contributed by atoms with E-state index in [1.165, 1.54) is 18.2 Å². The molecule has 1 rings (SSSR count). The third-order valence-corrected chi connectivity index (χ3v) is 2.66. The summed E-state index contributed by atoms with van der Waals surface area (Å²) in [6.07, 6.45) is -1.30. The number of benzene rings is 1. The zero-order valence-corrected chi connectivity index (χ0v) is 11.7. The first-order valence-electron chi connectivity index (χ1n) is 5.09. The third-order valence-electron chi connectivity index (χ3n) is 1.99. The normalized spacial score (nSPS) is 10.1. The molecule has 0 saturated carbocycles. The van der Waals surface area contributed by atoms with Crippen LogP contribution in [-0.4, -0.2) is 16.9 Å². The first kappa shape index (κ1) is 15.1. The molecule has 0 unspecified atom stereocenters. The van der Waals surface area contributed by atoms with E-state index in [0.717, 1.165) is 13.8 Å². The Morgan fingerprint density at radius 2 is 1.79 bits per heavy atom. The summed E-state index contributed by atoms with van der Waals surface area (Å²) in [5, 5.41) is 10.8. The minimum atomic E-state index is -1.30. The third kappa shape index (κ3) is 4.32. The van der Waals surface area contributed by atoms with E-state index in [2.05, 4.69) is 15.9 Å². The molecule has 0 fully saturated rings. The smallest absolute Gasteiger partial charge is 0.305 e. The Balaban J connectivity index is 3.14. The van der Waals surface area contributed by atoms with Crippen LogP contribution in [0.3, 0.4) is 0 Å². The molecule has 0 aromatic heterocycles. The number of nitro benzene ring substituents is 1. The van der Waals surface area contributed by atoms with Gasteiger partial charge >= 0.3 is 11.9 Å². The summed E-state index contributed by atoms with van der Waals surface area (Å²) in [7, 11) is 0. The van der Waals surface area contributed by atoms with E-state index in [9.17, 15) is 19.7 Å². The minimum Gasteiger partial charge on any atom is -0.421 e. The lowest BCUT2D eigenvalue weighted by atomic mass is 10.2. The summed E-state index contributed by atoms with van der Waals surface area (Å²) in [5.74, 6) is -1.34. The maximum atomic E-state index is 10.9. The van der Waals surface area contributed by atoms with Crippen molar-refractivity contribution in [3.8, 4) is 0 Å². The number of nitro groups is 1. The Hall–Kier alpha value is -1.96. The Labute approximate surface area is 116 Å². The van der Waals surface area contributed by atoms with Crippen molar-refractivity contribution in [2.45, 2.75) is 20.1 Å². The standard InChI is InChI=1S/C11H10BrNO6/c1-6(14)18-11(19-7(2)15)8-3-4-9(12)10(5-8)13(16)17/h3-5,11H,1-2H3. The SMILES string of the molecule is CC(=O)OC(OC(C)=O)c1ccc(Br)c([N+](=O)[O-])c1. The van der Waals surface area contributed by atoms with Crippen LogP contribution in [0, 0.1) is 10.1 Å². The van der Waals surface area contributed by atoms with Gasteiger partial charge in [-0.2, -0.15) is 0 Å². The molecule has 0 radical (unpaired) electrons. The zero-order chi connectivity index (χ0) is 14.6. The van der Waals surface area contributed by atoms with Gasteiger partial charge in [0, 0.05) is 25.5 Å². The molecule has 0 saturated heterocycles. The molecule has 0 heterocycles. The number of rotatable bonds is 4. The highest BCUT2D eigenvalue weighted by Crippen LogP contribution is 2.30. The molecule has 0 N–H and O–H groups in total. The fourth-order valence-corrected chi connectivity index (χ4v) is 1.67. The number of nitrogens with zero attached hydrogens (tertiary/aromatic N) is 1. The van der Waals surface area contributed by atoms with Crippen LogP contribution >= 0.6 is 15.9 Å². The van der Waals surface area contributed by atoms with Crippen LogP contribution in [0.1, 0.15) is 25.7 Å². The van der Waals surface area contributed by atoms with Crippen LogP contribution in [0.5, 0.6) is 0 Å². The van der Waals surface area contributed by atoms with E-state index in [4.69, 9.17) is 9.47 Å². The number of ether oxygens (including phenoxy) is 2. The molecule has 0 spiro atoms. The minimum absolute atomic E-state index is 0.195. The highest BCUT2D eigenvalue weighted by atomic mass is 79.9. The summed E-state index contributed by atoms with van der Waals surface area (Å²) < 4.78 is 9.87. The Bertz CT molecular complexity index is 514. The summed E-state index contributed by atoms with van der Waals surface area (Å²) >= 11 is 3.02. The molecular formula is C11H10BrNO6. The fourth-order valence-electron chi connectivity index (χ4n) is 1.28. The molecule has 1 aromatic rings. The quantitative estimate of drug-likeness (QED) is 0.364. The highest BCUT2D eigenvalue weighted by Gasteiger charge is 2.22. The molecule has 0 amide bonds. The largest absolute Gasteiger partial charge is 0.421 e. The number of halogens is 1. The van der Waals surface area contributed by atoms with E-state index in [1.54, 1.807) is 0 Å². The van der Waals surface area contributed by atoms with Gasteiger partial charge in [0.05, 0.1) is 9.40 Å². The van der Waals surface area contributed by atoms with Gasteiger partial charge < -0.3 is 9.47 Å². The van der Waals surface area contributed by atoms with Gasteiger partial charge in [0.2, 0.25) is 0 Å². The van der Waals surface area contributed by atoms with Crippen LogP contribution in [-0.2, 0) is 19.1 Å². The number of hydrogen-bond acceptors (Lipinski definition) is 6. The van der Waals surface area contributed by atoms with Crippen LogP contribution in [0.25, 0.3) is 0 Å². The zero-order valence-electron chi connectivity index (χ0n) is 10.1. The van der Waals surface area contributed by atoms with Gasteiger partial charge in [0.1, 0.15) is 0 Å². The number of carbonyl (C=O) groups excluding carboxylic acids is 2. The molecule has 7 nitrogen and oxygen atoms in total. The highest BCUT2D eigenvalue weighted by molar-refractivity contribution is 9.10. The molecule has 102 valence electrons. The second-order valence-electron chi connectivity index (χ2n) is 3.52. The van der Waals surface area contributed by atoms with Crippen LogP contribution < -0.4 is 0 Å². The fraction of sp³-hybridized carbons (Fsp3) is 0.273. The molecule has 0 bridgehead atoms. The van der Waals surface area contributed by atoms with Crippen molar-refractivity contribution in [3.63, 3.8) is 0 Å². The molecule has 0 aliphatic rings. The number of carbonyl (C=O) groups is 2. The van der Waals surface area contributed by atoms with E-state index >= 15 is 0 Å². The molecule has 0 aliphatic heterocycles. The topological polar surface area (TPSA) is 95.7 Å². The summed E-state index contributed by atoms with van der Waals surface area (Å²) in [5.41, 5.74) is -0.0258. The number of hydrogen-bond donors (Lipinski definition) is 0. The van der Waals surface area contributed by atoms with Crippen LogP contribution in [0.15, 0.2) is 22.7 Å². The lowest BCUT2D eigenvalue weighted by Crippen LogP contribution is -2.15. The van der Waals surface area contributed by atoms with Crippen molar-refractivity contribution in [2.24, 2.45) is 0 Å². The van der Waals surface area contributed by atoms with Gasteiger partial charge in [0.15, 0.2) is 0 Å². The molecule has 1 aromatic carbocycles. The van der Waals surface area contributed by atoms with Crippen molar-refractivity contribution in [2.75, 3.05) is 0 Å². The van der Waals surface area contributed by atoms with Crippen LogP contribution in [0.4, 0.5) is 5.69 Å². The summed E-state index contributed by atoms with van der Waals surface area (Å²) in [6, 6.07) is 4.03. The van der Waals surface area contributed by atoms with Gasteiger partial charge in [-0.15, -0.1) is 0 Å². The van der Waals surface area contributed by atoms with Gasteiger partial charge in [-0.3, -0.25) is 19.7 Å². The van der Waals surface area contributed by atoms with Crippen molar-refractivity contribution in [1.29, 1.82) is 0 Å².